The molecule has 1 aliphatic rings. The number of carboxylic acid groups (broad SMARTS) is 1. The quantitative estimate of drug-likeness (QED) is 0.795. The van der Waals surface area contributed by atoms with Crippen LogP contribution in [0, 0.1) is 5.82 Å². The molecule has 1 atom stereocenters. The number of likely N-dealkylation sites (N-methyl/N-ethyl adjacent to an activating group) is 1. The number of halogens is 1. The van der Waals surface area contributed by atoms with Gasteiger partial charge in [-0.2, -0.15) is 0 Å². The summed E-state index contributed by atoms with van der Waals surface area (Å²) in [7, 11) is -2.28. The van der Waals surface area contributed by atoms with Gasteiger partial charge in [-0.3, -0.25) is 0 Å². The first-order valence-corrected chi connectivity index (χ1v) is 6.46. The second-order valence-electron chi connectivity index (χ2n) is 3.86. The first-order chi connectivity index (χ1) is 7.83. The first kappa shape index (κ1) is 11.8. The maximum absolute atomic E-state index is 13.0. The molecular weight excluding hydrogens is 249 g/mol. The average molecular weight is 259 g/mol. The molecule has 1 unspecified atom stereocenters. The Kier molecular flexibility index (Phi) is 2.57. The lowest BCUT2D eigenvalue weighted by atomic mass is 10.2. The Hall–Kier alpha value is -1.63. The lowest BCUT2D eigenvalue weighted by Gasteiger charge is -2.32. The van der Waals surface area contributed by atoms with Crippen molar-refractivity contribution in [1.82, 2.24) is 0 Å². The van der Waals surface area contributed by atoms with Gasteiger partial charge in [-0.15, -0.1) is 0 Å². The molecule has 0 amide bonds. The van der Waals surface area contributed by atoms with Crippen molar-refractivity contribution >= 4 is 21.5 Å². The van der Waals surface area contributed by atoms with E-state index in [1.807, 2.05) is 0 Å². The van der Waals surface area contributed by atoms with Crippen LogP contribution in [0.2, 0.25) is 0 Å². The number of sulfone groups is 1. The molecule has 1 aromatic rings. The maximum atomic E-state index is 13.0. The highest BCUT2D eigenvalue weighted by Crippen LogP contribution is 2.32. The number of rotatable bonds is 1. The van der Waals surface area contributed by atoms with Crippen LogP contribution >= 0.6 is 0 Å². The van der Waals surface area contributed by atoms with E-state index in [2.05, 4.69) is 0 Å². The van der Waals surface area contributed by atoms with E-state index in [1.165, 1.54) is 18.0 Å². The third-order valence-electron chi connectivity index (χ3n) is 2.77. The van der Waals surface area contributed by atoms with Crippen LogP contribution in [-0.2, 0) is 14.6 Å². The van der Waals surface area contributed by atoms with E-state index < -0.39 is 33.4 Å². The lowest BCUT2D eigenvalue weighted by molar-refractivity contribution is -0.138. The van der Waals surface area contributed by atoms with Gasteiger partial charge in [0.05, 0.1) is 16.3 Å². The van der Waals surface area contributed by atoms with Crippen molar-refractivity contribution in [2.45, 2.75) is 10.9 Å². The van der Waals surface area contributed by atoms with Gasteiger partial charge in [-0.1, -0.05) is 0 Å². The predicted molar refractivity (Wildman–Crippen MR) is 58.3 cm³/mol. The third kappa shape index (κ3) is 1.86. The summed E-state index contributed by atoms with van der Waals surface area (Å²) in [6.07, 6.45) is 0. The Balaban J connectivity index is 2.65. The molecule has 1 aliphatic heterocycles. The molecule has 0 spiro atoms. The molecule has 0 bridgehead atoms. The maximum Gasteiger partial charge on any atom is 0.327 e. The molecule has 1 aromatic carbocycles. The zero-order valence-corrected chi connectivity index (χ0v) is 9.74. The van der Waals surface area contributed by atoms with Crippen molar-refractivity contribution in [3.8, 4) is 0 Å². The monoisotopic (exact) mass is 259 g/mol. The summed E-state index contributed by atoms with van der Waals surface area (Å²) >= 11 is 0. The van der Waals surface area contributed by atoms with Gasteiger partial charge >= 0.3 is 5.97 Å². The second-order valence-corrected chi connectivity index (χ2v) is 5.86. The van der Waals surface area contributed by atoms with E-state index in [-0.39, 0.29) is 10.6 Å². The molecule has 5 nitrogen and oxygen atoms in total. The first-order valence-electron chi connectivity index (χ1n) is 4.81. The van der Waals surface area contributed by atoms with E-state index in [0.29, 0.717) is 0 Å². The van der Waals surface area contributed by atoms with E-state index in [9.17, 15) is 17.6 Å². The smallest absolute Gasteiger partial charge is 0.327 e. The van der Waals surface area contributed by atoms with Crippen molar-refractivity contribution in [3.05, 3.63) is 24.0 Å². The van der Waals surface area contributed by atoms with Crippen LogP contribution in [0.25, 0.3) is 0 Å². The highest BCUT2D eigenvalue weighted by Gasteiger charge is 2.38. The minimum atomic E-state index is -3.75. The molecule has 1 heterocycles. The number of carboxylic acids is 1. The van der Waals surface area contributed by atoms with Crippen LogP contribution in [0.15, 0.2) is 23.1 Å². The van der Waals surface area contributed by atoms with Crippen LogP contribution in [0.4, 0.5) is 10.1 Å². The van der Waals surface area contributed by atoms with Crippen LogP contribution in [-0.4, -0.2) is 38.3 Å². The van der Waals surface area contributed by atoms with Gasteiger partial charge in [0, 0.05) is 7.05 Å². The number of anilines is 1. The second kappa shape index (κ2) is 3.69. The van der Waals surface area contributed by atoms with Crippen molar-refractivity contribution in [2.75, 3.05) is 17.7 Å². The van der Waals surface area contributed by atoms with Crippen molar-refractivity contribution in [2.24, 2.45) is 0 Å². The fraction of sp³-hybridized carbons (Fsp3) is 0.300. The molecule has 0 fully saturated rings. The van der Waals surface area contributed by atoms with Gasteiger partial charge in [0.25, 0.3) is 0 Å². The van der Waals surface area contributed by atoms with E-state index in [4.69, 9.17) is 5.11 Å². The van der Waals surface area contributed by atoms with E-state index >= 15 is 0 Å². The van der Waals surface area contributed by atoms with Gasteiger partial charge in [0.2, 0.25) is 0 Å². The molecule has 7 heteroatoms. The molecule has 2 rings (SSSR count). The van der Waals surface area contributed by atoms with Gasteiger partial charge in [0.1, 0.15) is 11.9 Å². The van der Waals surface area contributed by atoms with Gasteiger partial charge < -0.3 is 10.0 Å². The number of hydrogen-bond donors (Lipinski definition) is 1. The Morgan fingerprint density at radius 3 is 2.76 bits per heavy atom. The van der Waals surface area contributed by atoms with Crippen molar-refractivity contribution in [3.63, 3.8) is 0 Å². The SMILES string of the molecule is CN1c2ccc(F)cc2S(=O)(=O)CC1C(=O)O. The highest BCUT2D eigenvalue weighted by molar-refractivity contribution is 7.91. The molecule has 0 saturated heterocycles. The van der Waals surface area contributed by atoms with Crippen LogP contribution < -0.4 is 4.90 Å². The molecule has 0 radical (unpaired) electrons. The molecule has 92 valence electrons. The zero-order chi connectivity index (χ0) is 12.8. The normalized spacial score (nSPS) is 22.0. The summed E-state index contributed by atoms with van der Waals surface area (Å²) in [4.78, 5) is 12.1. The van der Waals surface area contributed by atoms with Gasteiger partial charge in [0.15, 0.2) is 9.84 Å². The molecule has 0 aromatic heterocycles. The molecular formula is C10H10FNO4S. The summed E-state index contributed by atoms with van der Waals surface area (Å²) in [6.45, 7) is 0. The minimum Gasteiger partial charge on any atom is -0.480 e. The van der Waals surface area contributed by atoms with Crippen LogP contribution in [0.1, 0.15) is 0 Å². The van der Waals surface area contributed by atoms with Crippen molar-refractivity contribution < 1.29 is 22.7 Å². The fourth-order valence-electron chi connectivity index (χ4n) is 1.84. The third-order valence-corrected chi connectivity index (χ3v) is 4.52. The summed E-state index contributed by atoms with van der Waals surface area (Å²) in [6, 6.07) is 2.16. The molecule has 1 N–H and O–H groups in total. The summed E-state index contributed by atoms with van der Waals surface area (Å²) in [5, 5.41) is 8.94. The standard InChI is InChI=1S/C10H10FNO4S/c1-12-7-3-2-6(11)4-9(7)17(15,16)5-8(12)10(13)14/h2-4,8H,5H2,1H3,(H,13,14). The largest absolute Gasteiger partial charge is 0.480 e. The van der Waals surface area contributed by atoms with E-state index in [0.717, 1.165) is 12.1 Å². The summed E-state index contributed by atoms with van der Waals surface area (Å²) in [5.74, 6) is -2.42. The fourth-order valence-corrected chi connectivity index (χ4v) is 3.63. The van der Waals surface area contributed by atoms with Crippen LogP contribution in [0.3, 0.4) is 0 Å². The summed E-state index contributed by atoms with van der Waals surface area (Å²) in [5.41, 5.74) is 0.213. The zero-order valence-electron chi connectivity index (χ0n) is 8.92. The number of fused-ring (bicyclic) bond motifs is 1. The predicted octanol–water partition coefficient (Wildman–Crippen LogP) is 0.502. The molecule has 0 saturated carbocycles. The topological polar surface area (TPSA) is 74.7 Å². The minimum absolute atomic E-state index is 0.155. The van der Waals surface area contributed by atoms with Gasteiger partial charge in [-0.25, -0.2) is 17.6 Å². The number of hydrogen-bond acceptors (Lipinski definition) is 4. The average Bonchev–Trinajstić information content (AvgIpc) is 2.23. The number of benzene rings is 1. The Labute approximate surface area is 97.4 Å². The lowest BCUT2D eigenvalue weighted by Crippen LogP contribution is -2.47. The Morgan fingerprint density at radius 1 is 1.53 bits per heavy atom. The summed E-state index contributed by atoms with van der Waals surface area (Å²) < 4.78 is 36.7. The van der Waals surface area contributed by atoms with Crippen LogP contribution in [0.5, 0.6) is 0 Å². The highest BCUT2D eigenvalue weighted by atomic mass is 32.2. The van der Waals surface area contributed by atoms with Crippen molar-refractivity contribution in [1.29, 1.82) is 0 Å². The van der Waals surface area contributed by atoms with E-state index in [1.54, 1.807) is 0 Å². The number of nitrogens with zero attached hydrogens (tertiary/aromatic N) is 1. The van der Waals surface area contributed by atoms with Gasteiger partial charge in [-0.05, 0) is 18.2 Å². The Bertz CT molecular complexity index is 584. The Morgan fingerprint density at radius 2 is 2.18 bits per heavy atom. The molecule has 17 heavy (non-hydrogen) atoms. The molecule has 0 aliphatic carbocycles. The number of carbonyl (C=O) groups is 1. The number of aliphatic carboxylic acids is 1.